The molecule has 8 heteroatoms. The number of benzene rings is 1. The first-order valence-electron chi connectivity index (χ1n) is 9.54. The van der Waals surface area contributed by atoms with Gasteiger partial charge in [-0.05, 0) is 49.1 Å². The predicted molar refractivity (Wildman–Crippen MR) is 106 cm³/mol. The van der Waals surface area contributed by atoms with Gasteiger partial charge in [-0.15, -0.1) is 5.10 Å². The van der Waals surface area contributed by atoms with Crippen LogP contribution in [0.2, 0.25) is 5.02 Å². The molecule has 6 nitrogen and oxygen atoms in total. The second-order valence-electron chi connectivity index (χ2n) is 7.51. The minimum atomic E-state index is -0.417. The van der Waals surface area contributed by atoms with Gasteiger partial charge in [-0.2, -0.15) is 5.10 Å². The van der Waals surface area contributed by atoms with Crippen LogP contribution in [0.25, 0.3) is 0 Å². The molecule has 2 fully saturated rings. The smallest absolute Gasteiger partial charge is 0.317 e. The van der Waals surface area contributed by atoms with E-state index in [1.54, 1.807) is 17.2 Å². The van der Waals surface area contributed by atoms with Crippen LogP contribution in [-0.2, 0) is 0 Å². The van der Waals surface area contributed by atoms with E-state index in [9.17, 15) is 9.18 Å². The van der Waals surface area contributed by atoms with Crippen LogP contribution in [0.5, 0.6) is 0 Å². The average Bonchev–Trinajstić information content (AvgIpc) is 3.49. The highest BCUT2D eigenvalue weighted by Crippen LogP contribution is 2.41. The van der Waals surface area contributed by atoms with Gasteiger partial charge in [-0.25, -0.2) is 9.18 Å². The fourth-order valence-corrected chi connectivity index (χ4v) is 3.95. The van der Waals surface area contributed by atoms with Crippen LogP contribution in [-0.4, -0.2) is 53.3 Å². The molecule has 0 spiro atoms. The summed E-state index contributed by atoms with van der Waals surface area (Å²) < 4.78 is 13.7. The van der Waals surface area contributed by atoms with Crippen LogP contribution in [0.3, 0.4) is 0 Å². The molecule has 1 saturated carbocycles. The molecule has 28 heavy (non-hydrogen) atoms. The van der Waals surface area contributed by atoms with Crippen LogP contribution in [0.15, 0.2) is 36.5 Å². The van der Waals surface area contributed by atoms with E-state index in [0.29, 0.717) is 0 Å². The van der Waals surface area contributed by atoms with Crippen molar-refractivity contribution >= 4 is 23.4 Å². The quantitative estimate of drug-likeness (QED) is 0.849. The fraction of sp³-hybridized carbons (Fsp3) is 0.450. The van der Waals surface area contributed by atoms with Crippen molar-refractivity contribution in [3.63, 3.8) is 0 Å². The van der Waals surface area contributed by atoms with E-state index in [0.717, 1.165) is 43.7 Å². The molecule has 1 aromatic heterocycles. The molecule has 1 N–H and O–H groups in total. The number of aromatic nitrogens is 2. The summed E-state index contributed by atoms with van der Waals surface area (Å²) in [6.07, 6.45) is 4.42. The van der Waals surface area contributed by atoms with Crippen molar-refractivity contribution < 1.29 is 9.18 Å². The van der Waals surface area contributed by atoms with Gasteiger partial charge >= 0.3 is 6.03 Å². The van der Waals surface area contributed by atoms with E-state index in [1.807, 2.05) is 25.2 Å². The molecule has 1 saturated heterocycles. The van der Waals surface area contributed by atoms with Gasteiger partial charge in [0.2, 0.25) is 0 Å². The number of hydrogen-bond donors (Lipinski definition) is 1. The van der Waals surface area contributed by atoms with Crippen molar-refractivity contribution in [3.8, 4) is 0 Å². The third-order valence-corrected chi connectivity index (χ3v) is 5.92. The molecule has 0 radical (unpaired) electrons. The van der Waals surface area contributed by atoms with Gasteiger partial charge in [0.1, 0.15) is 5.82 Å². The summed E-state index contributed by atoms with van der Waals surface area (Å²) in [5.41, 5.74) is 0.876. The number of amides is 2. The van der Waals surface area contributed by atoms with Gasteiger partial charge in [0.15, 0.2) is 5.82 Å². The van der Waals surface area contributed by atoms with Crippen LogP contribution >= 0.6 is 11.6 Å². The average molecular weight is 404 g/mol. The van der Waals surface area contributed by atoms with Crippen molar-refractivity contribution in [1.29, 1.82) is 0 Å². The summed E-state index contributed by atoms with van der Waals surface area (Å²) in [6.45, 7) is 1.65. The first kappa shape index (κ1) is 18.9. The van der Waals surface area contributed by atoms with Crippen LogP contribution in [0.1, 0.15) is 30.7 Å². The summed E-state index contributed by atoms with van der Waals surface area (Å²) >= 11 is 5.75. The van der Waals surface area contributed by atoms with E-state index in [-0.39, 0.29) is 29.1 Å². The minimum absolute atomic E-state index is 0.0372. The molecule has 2 amide bonds. The molecule has 0 bridgehead atoms. The molecule has 1 aromatic carbocycles. The Kier molecular flexibility index (Phi) is 5.35. The number of anilines is 1. The zero-order valence-corrected chi connectivity index (χ0v) is 16.4. The number of piperidine rings is 1. The second kappa shape index (κ2) is 7.91. The molecule has 148 valence electrons. The van der Waals surface area contributed by atoms with Crippen LogP contribution < -0.4 is 10.2 Å². The molecule has 1 aliphatic heterocycles. The number of nitrogens with one attached hydrogen (secondary N) is 1. The molecular weight excluding hydrogens is 381 g/mol. The third-order valence-electron chi connectivity index (χ3n) is 5.62. The lowest BCUT2D eigenvalue weighted by molar-refractivity contribution is 0.182. The summed E-state index contributed by atoms with van der Waals surface area (Å²) in [6, 6.07) is 8.72. The molecular formula is C20H23ClFN5O. The summed E-state index contributed by atoms with van der Waals surface area (Å²) in [4.78, 5) is 16.7. The summed E-state index contributed by atoms with van der Waals surface area (Å²) in [7, 11) is 1.83. The Bertz CT molecular complexity index is 852. The molecule has 4 rings (SSSR count). The van der Waals surface area contributed by atoms with Gasteiger partial charge in [0, 0.05) is 38.3 Å². The number of carbonyl (C=O) groups excluding carboxylic acids is 1. The topological polar surface area (TPSA) is 61.4 Å². The largest absolute Gasteiger partial charge is 0.353 e. The van der Waals surface area contributed by atoms with Crippen molar-refractivity contribution in [2.45, 2.75) is 37.3 Å². The first-order valence-corrected chi connectivity index (χ1v) is 9.91. The Labute approximate surface area is 168 Å². The van der Waals surface area contributed by atoms with Gasteiger partial charge in [0.05, 0.1) is 11.1 Å². The maximum absolute atomic E-state index is 13.7. The molecule has 2 aromatic rings. The van der Waals surface area contributed by atoms with Crippen molar-refractivity contribution in [2.75, 3.05) is 25.0 Å². The standard InChI is InChI=1S/C20H23ClFN5O/c1-26(14-4-3-9-27(12-14)19-5-2-8-23-25-19)20(28)24-18-11-15(18)13-6-7-16(21)17(22)10-13/h2,5-8,10,14-15,18H,3-4,9,11-12H2,1H3,(H,24,28)/t14-,15+,18-/m1/s1. The Morgan fingerprint density at radius 1 is 1.39 bits per heavy atom. The normalized spacial score (nSPS) is 24.0. The highest BCUT2D eigenvalue weighted by atomic mass is 35.5. The minimum Gasteiger partial charge on any atom is -0.353 e. The lowest BCUT2D eigenvalue weighted by atomic mass is 10.0. The highest BCUT2D eigenvalue weighted by Gasteiger charge is 2.41. The van der Waals surface area contributed by atoms with Crippen molar-refractivity contribution in [3.05, 3.63) is 52.9 Å². The Morgan fingerprint density at radius 2 is 2.25 bits per heavy atom. The number of rotatable bonds is 4. The number of urea groups is 1. The number of carbonyl (C=O) groups is 1. The van der Waals surface area contributed by atoms with E-state index in [4.69, 9.17) is 11.6 Å². The predicted octanol–water partition coefficient (Wildman–Crippen LogP) is 3.44. The molecule has 2 heterocycles. The van der Waals surface area contributed by atoms with Crippen LogP contribution in [0.4, 0.5) is 15.0 Å². The van der Waals surface area contributed by atoms with Gasteiger partial charge in [-0.3, -0.25) is 0 Å². The maximum atomic E-state index is 13.7. The zero-order valence-electron chi connectivity index (χ0n) is 15.7. The lowest BCUT2D eigenvalue weighted by Crippen LogP contribution is -2.52. The Balaban J connectivity index is 1.33. The van der Waals surface area contributed by atoms with Crippen LogP contribution in [0, 0.1) is 5.82 Å². The Hall–Kier alpha value is -2.41. The number of hydrogen-bond acceptors (Lipinski definition) is 4. The van der Waals surface area contributed by atoms with Gasteiger partial charge in [-0.1, -0.05) is 17.7 Å². The van der Waals surface area contributed by atoms with Gasteiger partial charge in [0.25, 0.3) is 0 Å². The van der Waals surface area contributed by atoms with E-state index in [2.05, 4.69) is 20.4 Å². The maximum Gasteiger partial charge on any atom is 0.317 e. The van der Waals surface area contributed by atoms with E-state index >= 15 is 0 Å². The molecule has 0 unspecified atom stereocenters. The van der Waals surface area contributed by atoms with Crippen molar-refractivity contribution in [1.82, 2.24) is 20.4 Å². The number of halogens is 2. The fourth-order valence-electron chi connectivity index (χ4n) is 3.83. The molecule has 2 aliphatic rings. The number of nitrogens with zero attached hydrogens (tertiary/aromatic N) is 4. The second-order valence-corrected chi connectivity index (χ2v) is 7.91. The molecule has 3 atom stereocenters. The zero-order chi connectivity index (χ0) is 19.7. The van der Waals surface area contributed by atoms with Crippen molar-refractivity contribution in [2.24, 2.45) is 0 Å². The Morgan fingerprint density at radius 3 is 3.00 bits per heavy atom. The van der Waals surface area contributed by atoms with E-state index < -0.39 is 5.82 Å². The first-order chi connectivity index (χ1) is 13.5. The molecule has 1 aliphatic carbocycles. The SMILES string of the molecule is CN(C(=O)N[C@@H]1C[C@H]1c1ccc(Cl)c(F)c1)[C@@H]1CCCN(c2cccnn2)C1. The van der Waals surface area contributed by atoms with Gasteiger partial charge < -0.3 is 15.1 Å². The highest BCUT2D eigenvalue weighted by molar-refractivity contribution is 6.30. The monoisotopic (exact) mass is 403 g/mol. The number of likely N-dealkylation sites (N-methyl/N-ethyl adjacent to an activating group) is 1. The lowest BCUT2D eigenvalue weighted by Gasteiger charge is -2.38. The van der Waals surface area contributed by atoms with E-state index in [1.165, 1.54) is 6.07 Å². The third kappa shape index (κ3) is 4.04. The summed E-state index contributed by atoms with van der Waals surface area (Å²) in [5.74, 6) is 0.569. The summed E-state index contributed by atoms with van der Waals surface area (Å²) in [5, 5.41) is 11.3.